The largest absolute Gasteiger partial charge is 0.423 e. The van der Waals surface area contributed by atoms with Gasteiger partial charge in [-0.1, -0.05) is 39.8 Å². The maximum absolute atomic E-state index is 13.5. The molecule has 4 heterocycles. The number of rotatable bonds is 6. The van der Waals surface area contributed by atoms with Crippen LogP contribution in [0, 0.1) is 17.3 Å². The van der Waals surface area contributed by atoms with Gasteiger partial charge in [0.25, 0.3) is 0 Å². The molecule has 3 aliphatic rings. The molecule has 4 rings (SSSR count). The third-order valence-electron chi connectivity index (χ3n) is 5.96. The molecular formula is C21H30N4O4. The van der Waals surface area contributed by atoms with E-state index in [4.69, 9.17) is 9.15 Å². The Morgan fingerprint density at radius 2 is 2.03 bits per heavy atom. The van der Waals surface area contributed by atoms with Crippen molar-refractivity contribution in [3.63, 3.8) is 0 Å². The van der Waals surface area contributed by atoms with Crippen LogP contribution in [-0.2, 0) is 27.3 Å². The molecule has 1 aromatic rings. The van der Waals surface area contributed by atoms with Gasteiger partial charge in [-0.2, -0.15) is 0 Å². The van der Waals surface area contributed by atoms with Crippen LogP contribution in [0.1, 0.15) is 46.4 Å². The van der Waals surface area contributed by atoms with Gasteiger partial charge < -0.3 is 19.0 Å². The van der Waals surface area contributed by atoms with Gasteiger partial charge in [-0.05, 0) is 12.3 Å². The smallest absolute Gasteiger partial charge is 0.235 e. The molecule has 1 aromatic heterocycles. The van der Waals surface area contributed by atoms with E-state index in [0.29, 0.717) is 37.8 Å². The zero-order chi connectivity index (χ0) is 21.0. The van der Waals surface area contributed by atoms with Crippen molar-refractivity contribution in [3.05, 3.63) is 23.9 Å². The maximum Gasteiger partial charge on any atom is 0.235 e. The molecule has 4 atom stereocenters. The Balaban J connectivity index is 1.55. The average molecular weight is 402 g/mol. The van der Waals surface area contributed by atoms with Crippen molar-refractivity contribution in [1.29, 1.82) is 0 Å². The lowest BCUT2D eigenvalue weighted by Gasteiger charge is -2.29. The van der Waals surface area contributed by atoms with Gasteiger partial charge in [-0.3, -0.25) is 9.59 Å². The molecule has 0 aromatic carbocycles. The van der Waals surface area contributed by atoms with E-state index in [1.165, 1.54) is 0 Å². The van der Waals surface area contributed by atoms with E-state index in [1.54, 1.807) is 4.90 Å². The molecule has 0 N–H and O–H groups in total. The Morgan fingerprint density at radius 3 is 2.66 bits per heavy atom. The minimum atomic E-state index is -0.674. The van der Waals surface area contributed by atoms with Crippen LogP contribution in [0.2, 0.25) is 0 Å². The lowest BCUT2D eigenvalue weighted by Crippen LogP contribution is -2.46. The Bertz CT molecular complexity index is 842. The maximum atomic E-state index is 13.5. The van der Waals surface area contributed by atoms with Crippen LogP contribution < -0.4 is 0 Å². The molecule has 158 valence electrons. The molecule has 0 saturated carbocycles. The van der Waals surface area contributed by atoms with E-state index in [1.807, 2.05) is 30.9 Å². The molecule has 8 nitrogen and oxygen atoms in total. The van der Waals surface area contributed by atoms with Crippen molar-refractivity contribution in [2.75, 3.05) is 19.6 Å². The van der Waals surface area contributed by atoms with Crippen molar-refractivity contribution in [3.8, 4) is 0 Å². The fraction of sp³-hybridized carbons (Fsp3) is 0.714. The SMILES string of the molecule is CCc1nnc(CN(CC)C(=O)[C@@H]2[C@@H]3C=C[C@@]4(CN(CC(C)(C)C)C(=O)[C@H]24)O3)o1. The standard InChI is InChI=1S/C21H30N4O4/c1-6-14-22-23-15(28-14)10-24(7-2)18(26)16-13-8-9-21(29-13)12-25(11-20(3,4)5)19(27)17(16)21/h8-9,13,16-17H,6-7,10-12H2,1-5H3/t13-,16+,17-,21-/m0/s1. The zero-order valence-corrected chi connectivity index (χ0v) is 17.8. The molecule has 2 bridgehead atoms. The summed E-state index contributed by atoms with van der Waals surface area (Å²) in [6, 6.07) is 0. The first-order valence-corrected chi connectivity index (χ1v) is 10.4. The van der Waals surface area contributed by atoms with Crippen molar-refractivity contribution in [2.45, 2.75) is 59.3 Å². The highest BCUT2D eigenvalue weighted by atomic mass is 16.5. The van der Waals surface area contributed by atoms with Gasteiger partial charge in [-0.15, -0.1) is 10.2 Å². The van der Waals surface area contributed by atoms with E-state index < -0.39 is 17.4 Å². The second-order valence-corrected chi connectivity index (χ2v) is 9.45. The molecular weight excluding hydrogens is 372 g/mol. The Labute approximate surface area is 171 Å². The quantitative estimate of drug-likeness (QED) is 0.674. The normalized spacial score (nSPS) is 30.3. The number of aryl methyl sites for hydroxylation is 1. The Hall–Kier alpha value is -2.22. The number of carbonyl (C=O) groups excluding carboxylic acids is 2. The van der Waals surface area contributed by atoms with Gasteiger partial charge in [0, 0.05) is 19.5 Å². The number of fused-ring (bicyclic) bond motifs is 1. The highest BCUT2D eigenvalue weighted by Crippen LogP contribution is 2.52. The summed E-state index contributed by atoms with van der Waals surface area (Å²) < 4.78 is 11.8. The first kappa shape index (κ1) is 20.1. The fourth-order valence-corrected chi connectivity index (χ4v) is 4.78. The van der Waals surface area contributed by atoms with Gasteiger partial charge in [0.1, 0.15) is 5.60 Å². The van der Waals surface area contributed by atoms with Crippen molar-refractivity contribution >= 4 is 11.8 Å². The molecule has 0 aliphatic carbocycles. The minimum Gasteiger partial charge on any atom is -0.423 e. The summed E-state index contributed by atoms with van der Waals surface area (Å²) in [5.41, 5.74) is -0.691. The van der Waals surface area contributed by atoms with E-state index in [9.17, 15) is 9.59 Å². The monoisotopic (exact) mass is 402 g/mol. The molecule has 2 amide bonds. The van der Waals surface area contributed by atoms with Crippen LogP contribution in [0.25, 0.3) is 0 Å². The molecule has 29 heavy (non-hydrogen) atoms. The third kappa shape index (κ3) is 3.37. The molecule has 2 saturated heterocycles. The first-order valence-electron chi connectivity index (χ1n) is 10.4. The number of likely N-dealkylation sites (tertiary alicyclic amines) is 1. The predicted octanol–water partition coefficient (Wildman–Crippen LogP) is 1.81. The highest BCUT2D eigenvalue weighted by Gasteiger charge is 2.67. The van der Waals surface area contributed by atoms with E-state index in [-0.39, 0.29) is 29.9 Å². The Morgan fingerprint density at radius 1 is 1.31 bits per heavy atom. The summed E-state index contributed by atoms with van der Waals surface area (Å²) in [5.74, 6) is -0.0691. The molecule has 3 aliphatic heterocycles. The van der Waals surface area contributed by atoms with Crippen LogP contribution >= 0.6 is 0 Å². The van der Waals surface area contributed by atoms with E-state index in [0.717, 1.165) is 0 Å². The minimum absolute atomic E-state index is 0.0173. The summed E-state index contributed by atoms with van der Waals surface area (Å²) >= 11 is 0. The van der Waals surface area contributed by atoms with Crippen molar-refractivity contribution < 1.29 is 18.7 Å². The van der Waals surface area contributed by atoms with Gasteiger partial charge in [0.15, 0.2) is 0 Å². The molecule has 0 unspecified atom stereocenters. The summed E-state index contributed by atoms with van der Waals surface area (Å²) in [6.07, 6.45) is 4.24. The Kier molecular flexibility index (Phi) is 4.80. The highest BCUT2D eigenvalue weighted by molar-refractivity contribution is 5.93. The van der Waals surface area contributed by atoms with Crippen LogP contribution in [0.3, 0.4) is 0 Å². The van der Waals surface area contributed by atoms with Gasteiger partial charge in [0.05, 0.1) is 31.0 Å². The zero-order valence-electron chi connectivity index (χ0n) is 17.8. The van der Waals surface area contributed by atoms with Crippen LogP contribution in [0.15, 0.2) is 16.6 Å². The van der Waals surface area contributed by atoms with Crippen molar-refractivity contribution in [2.24, 2.45) is 17.3 Å². The average Bonchev–Trinajstić information content (AvgIpc) is 3.39. The lowest BCUT2D eigenvalue weighted by molar-refractivity contribution is -0.144. The lowest BCUT2D eigenvalue weighted by atomic mass is 9.76. The number of hydrogen-bond donors (Lipinski definition) is 0. The topological polar surface area (TPSA) is 88.8 Å². The summed E-state index contributed by atoms with van der Waals surface area (Å²) in [5, 5.41) is 8.01. The van der Waals surface area contributed by atoms with E-state index in [2.05, 4.69) is 31.0 Å². The number of ether oxygens (including phenoxy) is 1. The third-order valence-corrected chi connectivity index (χ3v) is 5.96. The number of carbonyl (C=O) groups is 2. The molecule has 8 heteroatoms. The molecule has 2 fully saturated rings. The van der Waals surface area contributed by atoms with E-state index >= 15 is 0 Å². The van der Waals surface area contributed by atoms with Crippen LogP contribution in [0.5, 0.6) is 0 Å². The predicted molar refractivity (Wildman–Crippen MR) is 105 cm³/mol. The fourth-order valence-electron chi connectivity index (χ4n) is 4.78. The van der Waals surface area contributed by atoms with Crippen molar-refractivity contribution in [1.82, 2.24) is 20.0 Å². The second-order valence-electron chi connectivity index (χ2n) is 9.45. The van der Waals surface area contributed by atoms with Crippen LogP contribution in [0.4, 0.5) is 0 Å². The molecule has 0 radical (unpaired) electrons. The number of hydrogen-bond acceptors (Lipinski definition) is 6. The number of nitrogens with zero attached hydrogens (tertiary/aromatic N) is 4. The number of amides is 2. The summed E-state index contributed by atoms with van der Waals surface area (Å²) in [6.45, 7) is 12.1. The van der Waals surface area contributed by atoms with Gasteiger partial charge in [0.2, 0.25) is 23.6 Å². The number of aromatic nitrogens is 2. The van der Waals surface area contributed by atoms with Gasteiger partial charge in [-0.25, -0.2) is 0 Å². The summed E-state index contributed by atoms with van der Waals surface area (Å²) in [4.78, 5) is 30.3. The van der Waals surface area contributed by atoms with Crippen LogP contribution in [-0.4, -0.2) is 63.2 Å². The molecule has 1 spiro atoms. The second kappa shape index (κ2) is 6.93. The van der Waals surface area contributed by atoms with Gasteiger partial charge >= 0.3 is 0 Å². The first-order chi connectivity index (χ1) is 13.7. The summed E-state index contributed by atoms with van der Waals surface area (Å²) in [7, 11) is 0.